The number of hydrogen-bond acceptors (Lipinski definition) is 5. The maximum absolute atomic E-state index is 12.7. The fourth-order valence-corrected chi connectivity index (χ4v) is 3.84. The zero-order chi connectivity index (χ0) is 23.6. The van der Waals surface area contributed by atoms with Gasteiger partial charge in [-0.3, -0.25) is 9.59 Å². The Hall–Kier alpha value is -3.77. The van der Waals surface area contributed by atoms with Gasteiger partial charge in [-0.05, 0) is 68.7 Å². The van der Waals surface area contributed by atoms with Crippen LogP contribution in [0.4, 0.5) is 5.69 Å². The van der Waals surface area contributed by atoms with Gasteiger partial charge >= 0.3 is 5.97 Å². The van der Waals surface area contributed by atoms with Gasteiger partial charge in [-0.1, -0.05) is 17.9 Å². The molecule has 6 heteroatoms. The van der Waals surface area contributed by atoms with Gasteiger partial charge in [0.2, 0.25) is 0 Å². The molecule has 1 saturated heterocycles. The van der Waals surface area contributed by atoms with Crippen LogP contribution < -0.4 is 4.90 Å². The minimum absolute atomic E-state index is 0.0898. The Bertz CT molecular complexity index is 1100. The lowest BCUT2D eigenvalue weighted by molar-refractivity contribution is -0.142. The van der Waals surface area contributed by atoms with Gasteiger partial charge in [-0.25, -0.2) is 0 Å². The van der Waals surface area contributed by atoms with E-state index in [4.69, 9.17) is 4.74 Å². The van der Waals surface area contributed by atoms with Crippen molar-refractivity contribution in [1.82, 2.24) is 4.90 Å². The van der Waals surface area contributed by atoms with Crippen molar-refractivity contribution < 1.29 is 14.3 Å². The molecular weight excluding hydrogens is 414 g/mol. The van der Waals surface area contributed by atoms with Gasteiger partial charge in [0, 0.05) is 36.4 Å². The predicted molar refractivity (Wildman–Crippen MR) is 128 cm³/mol. The minimum atomic E-state index is -0.263. The summed E-state index contributed by atoms with van der Waals surface area (Å²) in [5.41, 5.74) is 3.86. The number of aryl methyl sites for hydroxylation is 1. The van der Waals surface area contributed by atoms with Crippen molar-refractivity contribution in [3.05, 3.63) is 64.7 Å². The fraction of sp³-hybridized carbons (Fsp3) is 0.370. The maximum Gasteiger partial charge on any atom is 0.307 e. The van der Waals surface area contributed by atoms with Crippen LogP contribution in [-0.4, -0.2) is 49.6 Å². The summed E-state index contributed by atoms with van der Waals surface area (Å²) in [5, 5.41) is 9.22. The van der Waals surface area contributed by atoms with E-state index in [0.29, 0.717) is 25.3 Å². The summed E-state index contributed by atoms with van der Waals surface area (Å²) in [5.74, 6) is 6.16. The number of rotatable bonds is 7. The van der Waals surface area contributed by atoms with Crippen LogP contribution in [0.25, 0.3) is 0 Å². The SMILES string of the molecule is CCOC(=O)CCN(CC#Cc1ccc(C(=O)N2CCCC2)c(C)c1)c1cccc(C#N)c1. The number of amides is 1. The molecule has 0 spiro atoms. The van der Waals surface area contributed by atoms with E-state index in [9.17, 15) is 14.9 Å². The number of benzene rings is 2. The summed E-state index contributed by atoms with van der Waals surface area (Å²) >= 11 is 0. The highest BCUT2D eigenvalue weighted by Crippen LogP contribution is 2.18. The van der Waals surface area contributed by atoms with Crippen molar-refractivity contribution in [3.63, 3.8) is 0 Å². The topological polar surface area (TPSA) is 73.6 Å². The number of carbonyl (C=O) groups is 2. The standard InChI is InChI=1S/C27H29N3O3/c1-3-33-26(31)13-17-29(24-10-6-8-23(19-24)20-28)16-7-9-22-11-12-25(21(2)18-22)27(32)30-14-4-5-15-30/h6,8,10-12,18-19H,3-5,13-17H2,1-2H3. The summed E-state index contributed by atoms with van der Waals surface area (Å²) in [7, 11) is 0. The normalized spacial score (nSPS) is 12.5. The summed E-state index contributed by atoms with van der Waals surface area (Å²) in [6, 6.07) is 15.1. The second-order valence-corrected chi connectivity index (χ2v) is 7.97. The van der Waals surface area contributed by atoms with E-state index >= 15 is 0 Å². The Morgan fingerprint density at radius 1 is 1.12 bits per heavy atom. The first kappa shape index (κ1) is 23.9. The van der Waals surface area contributed by atoms with Crippen LogP contribution in [0.1, 0.15) is 53.2 Å². The molecule has 1 heterocycles. The molecule has 170 valence electrons. The fourth-order valence-electron chi connectivity index (χ4n) is 3.84. The Morgan fingerprint density at radius 2 is 1.91 bits per heavy atom. The third-order valence-electron chi connectivity index (χ3n) is 5.58. The third kappa shape index (κ3) is 6.60. The zero-order valence-electron chi connectivity index (χ0n) is 19.3. The molecular formula is C27H29N3O3. The van der Waals surface area contributed by atoms with Crippen LogP contribution in [0.5, 0.6) is 0 Å². The summed E-state index contributed by atoms with van der Waals surface area (Å²) in [6.07, 6.45) is 2.37. The highest BCUT2D eigenvalue weighted by Gasteiger charge is 2.20. The van der Waals surface area contributed by atoms with E-state index in [1.807, 2.05) is 47.1 Å². The van der Waals surface area contributed by atoms with Crippen molar-refractivity contribution in [2.24, 2.45) is 0 Å². The maximum atomic E-state index is 12.7. The monoisotopic (exact) mass is 443 g/mol. The quantitative estimate of drug-likeness (QED) is 0.479. The third-order valence-corrected chi connectivity index (χ3v) is 5.58. The molecule has 0 aliphatic carbocycles. The highest BCUT2D eigenvalue weighted by molar-refractivity contribution is 5.96. The first-order chi connectivity index (χ1) is 16.0. The molecule has 2 aromatic rings. The van der Waals surface area contributed by atoms with E-state index in [-0.39, 0.29) is 18.3 Å². The second kappa shape index (κ2) is 11.7. The Kier molecular flexibility index (Phi) is 8.49. The molecule has 0 radical (unpaired) electrons. The van der Waals surface area contributed by atoms with E-state index in [1.54, 1.807) is 19.1 Å². The van der Waals surface area contributed by atoms with Gasteiger partial charge in [0.25, 0.3) is 5.91 Å². The van der Waals surface area contributed by atoms with Gasteiger partial charge in [0.05, 0.1) is 31.2 Å². The molecule has 0 atom stereocenters. The molecule has 1 aliphatic heterocycles. The zero-order valence-corrected chi connectivity index (χ0v) is 19.3. The van der Waals surface area contributed by atoms with Gasteiger partial charge < -0.3 is 14.5 Å². The number of esters is 1. The van der Waals surface area contributed by atoms with E-state index in [2.05, 4.69) is 17.9 Å². The second-order valence-electron chi connectivity index (χ2n) is 7.97. The number of nitrogens with zero attached hydrogens (tertiary/aromatic N) is 3. The smallest absolute Gasteiger partial charge is 0.307 e. The van der Waals surface area contributed by atoms with Crippen LogP contribution >= 0.6 is 0 Å². The molecule has 2 aromatic carbocycles. The van der Waals surface area contributed by atoms with Gasteiger partial charge in [-0.15, -0.1) is 0 Å². The molecule has 0 N–H and O–H groups in total. The summed E-state index contributed by atoms with van der Waals surface area (Å²) in [6.45, 7) is 6.55. The lowest BCUT2D eigenvalue weighted by Crippen LogP contribution is -2.28. The Balaban J connectivity index is 1.72. The largest absolute Gasteiger partial charge is 0.466 e. The van der Waals surface area contributed by atoms with E-state index < -0.39 is 0 Å². The lowest BCUT2D eigenvalue weighted by Gasteiger charge is -2.22. The number of likely N-dealkylation sites (tertiary alicyclic amines) is 1. The van der Waals surface area contributed by atoms with E-state index in [0.717, 1.165) is 48.3 Å². The number of ether oxygens (including phenoxy) is 1. The van der Waals surface area contributed by atoms with Gasteiger partial charge in [0.1, 0.15) is 0 Å². The number of nitriles is 1. The average Bonchev–Trinajstić information content (AvgIpc) is 3.36. The predicted octanol–water partition coefficient (Wildman–Crippen LogP) is 3.91. The first-order valence-corrected chi connectivity index (χ1v) is 11.3. The highest BCUT2D eigenvalue weighted by atomic mass is 16.5. The number of hydrogen-bond donors (Lipinski definition) is 0. The van der Waals surface area contributed by atoms with Crippen molar-refractivity contribution in [2.75, 3.05) is 37.7 Å². The van der Waals surface area contributed by atoms with Crippen LogP contribution in [0.2, 0.25) is 0 Å². The summed E-state index contributed by atoms with van der Waals surface area (Å²) in [4.78, 5) is 28.4. The van der Waals surface area contributed by atoms with Crippen LogP contribution in [0.3, 0.4) is 0 Å². The Morgan fingerprint density at radius 3 is 2.61 bits per heavy atom. The molecule has 6 nitrogen and oxygen atoms in total. The molecule has 0 bridgehead atoms. The molecule has 3 rings (SSSR count). The van der Waals surface area contributed by atoms with Gasteiger partial charge in [-0.2, -0.15) is 5.26 Å². The molecule has 1 aliphatic rings. The van der Waals surface area contributed by atoms with Crippen LogP contribution in [-0.2, 0) is 9.53 Å². The van der Waals surface area contributed by atoms with Crippen molar-refractivity contribution in [1.29, 1.82) is 5.26 Å². The summed E-state index contributed by atoms with van der Waals surface area (Å²) < 4.78 is 5.04. The Labute approximate surface area is 195 Å². The van der Waals surface area contributed by atoms with Crippen molar-refractivity contribution in [3.8, 4) is 17.9 Å². The molecule has 1 fully saturated rings. The molecule has 0 aromatic heterocycles. The van der Waals surface area contributed by atoms with Gasteiger partial charge in [0.15, 0.2) is 0 Å². The average molecular weight is 444 g/mol. The number of carbonyl (C=O) groups excluding carboxylic acids is 2. The van der Waals surface area contributed by atoms with Crippen molar-refractivity contribution in [2.45, 2.75) is 33.1 Å². The number of anilines is 1. The molecule has 1 amide bonds. The minimum Gasteiger partial charge on any atom is -0.466 e. The van der Waals surface area contributed by atoms with Crippen molar-refractivity contribution >= 4 is 17.6 Å². The molecule has 0 saturated carbocycles. The lowest BCUT2D eigenvalue weighted by atomic mass is 10.0. The van der Waals surface area contributed by atoms with Crippen LogP contribution in [0, 0.1) is 30.1 Å². The molecule has 0 unspecified atom stereocenters. The molecule has 33 heavy (non-hydrogen) atoms. The van der Waals surface area contributed by atoms with Crippen LogP contribution in [0.15, 0.2) is 42.5 Å². The van der Waals surface area contributed by atoms with E-state index in [1.165, 1.54) is 0 Å². The first-order valence-electron chi connectivity index (χ1n) is 11.3.